The van der Waals surface area contributed by atoms with Crippen LogP contribution in [0, 0.1) is 0 Å². The summed E-state index contributed by atoms with van der Waals surface area (Å²) in [5.74, 6) is 0. The van der Waals surface area contributed by atoms with Gasteiger partial charge in [-0.2, -0.15) is 0 Å². The molecule has 4 saturated heterocycles. The third-order valence-electron chi connectivity index (χ3n) is 6.68. The molecule has 3 unspecified atom stereocenters. The first-order valence-electron chi connectivity index (χ1n) is 9.71. The van der Waals surface area contributed by atoms with Crippen LogP contribution >= 0.6 is 0 Å². The monoisotopic (exact) mass is 338 g/mol. The van der Waals surface area contributed by atoms with Crippen molar-refractivity contribution in [3.63, 3.8) is 0 Å². The molecule has 24 heavy (non-hydrogen) atoms. The van der Waals surface area contributed by atoms with Crippen LogP contribution in [0.25, 0.3) is 0 Å². The molecule has 0 radical (unpaired) electrons. The van der Waals surface area contributed by atoms with Crippen LogP contribution in [0.4, 0.5) is 0 Å². The number of likely N-dealkylation sites (N-methyl/N-ethyl adjacent to an activating group) is 2. The van der Waals surface area contributed by atoms with E-state index in [-0.39, 0.29) is 11.2 Å². The fourth-order valence-electron chi connectivity index (χ4n) is 5.16. The zero-order valence-electron chi connectivity index (χ0n) is 15.4. The van der Waals surface area contributed by atoms with Crippen molar-refractivity contribution in [2.75, 3.05) is 66.6 Å². The van der Waals surface area contributed by atoms with Gasteiger partial charge < -0.3 is 25.0 Å². The Morgan fingerprint density at radius 1 is 1.00 bits per heavy atom. The highest BCUT2D eigenvalue weighted by Crippen LogP contribution is 2.33. The number of hydrogen-bond donors (Lipinski definition) is 2. The summed E-state index contributed by atoms with van der Waals surface area (Å²) >= 11 is 0. The van der Waals surface area contributed by atoms with E-state index < -0.39 is 0 Å². The zero-order chi connectivity index (χ0) is 16.6. The smallest absolute Gasteiger partial charge is 0.0933 e. The fourth-order valence-corrected chi connectivity index (χ4v) is 5.16. The van der Waals surface area contributed by atoms with E-state index >= 15 is 0 Å². The van der Waals surface area contributed by atoms with Crippen molar-refractivity contribution in [1.29, 1.82) is 0 Å². The lowest BCUT2D eigenvalue weighted by Crippen LogP contribution is -2.67. The van der Waals surface area contributed by atoms with Crippen LogP contribution in [0.15, 0.2) is 0 Å². The minimum absolute atomic E-state index is 0.0356. The first kappa shape index (κ1) is 17.2. The number of nitrogens with zero attached hydrogens (tertiary/aromatic N) is 2. The van der Waals surface area contributed by atoms with Crippen LogP contribution in [-0.2, 0) is 9.47 Å². The second-order valence-electron chi connectivity index (χ2n) is 8.52. The van der Waals surface area contributed by atoms with Gasteiger partial charge in [-0.05, 0) is 52.9 Å². The molecule has 6 heteroatoms. The van der Waals surface area contributed by atoms with Gasteiger partial charge in [-0.3, -0.25) is 4.90 Å². The van der Waals surface area contributed by atoms with E-state index in [1.54, 1.807) is 0 Å². The van der Waals surface area contributed by atoms with Gasteiger partial charge in [0.25, 0.3) is 0 Å². The van der Waals surface area contributed by atoms with Gasteiger partial charge in [0.05, 0.1) is 24.4 Å². The summed E-state index contributed by atoms with van der Waals surface area (Å²) in [5.41, 5.74) is 0.134. The maximum atomic E-state index is 6.44. The highest BCUT2D eigenvalue weighted by molar-refractivity contribution is 5.01. The summed E-state index contributed by atoms with van der Waals surface area (Å²) in [6, 6.07) is 1.01. The van der Waals surface area contributed by atoms with Gasteiger partial charge >= 0.3 is 0 Å². The summed E-state index contributed by atoms with van der Waals surface area (Å²) in [4.78, 5) is 4.96. The third kappa shape index (κ3) is 3.37. The molecule has 0 bridgehead atoms. The van der Waals surface area contributed by atoms with Gasteiger partial charge in [0.2, 0.25) is 0 Å². The number of rotatable bonds is 1. The second kappa shape index (κ2) is 6.82. The van der Waals surface area contributed by atoms with Crippen LogP contribution in [0.3, 0.4) is 0 Å². The summed E-state index contributed by atoms with van der Waals surface area (Å²) in [7, 11) is 4.49. The minimum atomic E-state index is 0.0356. The van der Waals surface area contributed by atoms with Crippen molar-refractivity contribution in [1.82, 2.24) is 20.4 Å². The molecular formula is C18H34N4O2. The molecule has 2 N–H and O–H groups in total. The van der Waals surface area contributed by atoms with Gasteiger partial charge in [0, 0.05) is 38.3 Å². The Hall–Kier alpha value is -0.240. The average molecular weight is 338 g/mol. The van der Waals surface area contributed by atoms with Gasteiger partial charge in [-0.15, -0.1) is 0 Å². The maximum absolute atomic E-state index is 6.44. The Morgan fingerprint density at radius 3 is 2.50 bits per heavy atom. The number of hydrogen-bond acceptors (Lipinski definition) is 6. The SMILES string of the molecule is CN1CCOC2(CCC(C3COC4(CCNCC4)CN3C)NC2)C1. The number of nitrogens with one attached hydrogen (secondary N) is 2. The van der Waals surface area contributed by atoms with Crippen molar-refractivity contribution in [2.24, 2.45) is 0 Å². The van der Waals surface area contributed by atoms with Crippen molar-refractivity contribution < 1.29 is 9.47 Å². The molecule has 0 aromatic carbocycles. The van der Waals surface area contributed by atoms with Crippen LogP contribution in [0.5, 0.6) is 0 Å². The topological polar surface area (TPSA) is 49.0 Å². The highest BCUT2D eigenvalue weighted by Gasteiger charge is 2.45. The summed E-state index contributed by atoms with van der Waals surface area (Å²) in [6.07, 6.45) is 4.63. The van der Waals surface area contributed by atoms with Crippen LogP contribution in [0.2, 0.25) is 0 Å². The van der Waals surface area contributed by atoms with Gasteiger partial charge in [-0.1, -0.05) is 0 Å². The molecule has 4 fully saturated rings. The lowest BCUT2D eigenvalue weighted by molar-refractivity contribution is -0.156. The molecule has 138 valence electrons. The highest BCUT2D eigenvalue weighted by atomic mass is 16.5. The van der Waals surface area contributed by atoms with Crippen molar-refractivity contribution >= 4 is 0 Å². The Balaban J connectivity index is 1.33. The van der Waals surface area contributed by atoms with Crippen molar-refractivity contribution in [2.45, 2.75) is 49.0 Å². The predicted octanol–water partition coefficient (Wildman–Crippen LogP) is -0.108. The molecule has 2 spiro atoms. The van der Waals surface area contributed by atoms with E-state index in [2.05, 4.69) is 34.5 Å². The molecule has 0 saturated carbocycles. The minimum Gasteiger partial charge on any atom is -0.372 e. The average Bonchev–Trinajstić information content (AvgIpc) is 2.57. The molecule has 4 rings (SSSR count). The molecular weight excluding hydrogens is 304 g/mol. The Kier molecular flexibility index (Phi) is 4.88. The molecule has 3 atom stereocenters. The van der Waals surface area contributed by atoms with E-state index in [4.69, 9.17) is 9.47 Å². The van der Waals surface area contributed by atoms with E-state index in [1.165, 1.54) is 6.42 Å². The summed E-state index contributed by atoms with van der Waals surface area (Å²) in [6.45, 7) is 8.07. The second-order valence-corrected chi connectivity index (χ2v) is 8.52. The first-order valence-corrected chi connectivity index (χ1v) is 9.71. The summed E-state index contributed by atoms with van der Waals surface area (Å²) in [5, 5.41) is 7.26. The lowest BCUT2D eigenvalue weighted by Gasteiger charge is -2.52. The van der Waals surface area contributed by atoms with E-state index in [9.17, 15) is 0 Å². The predicted molar refractivity (Wildman–Crippen MR) is 94.4 cm³/mol. The summed E-state index contributed by atoms with van der Waals surface area (Å²) < 4.78 is 12.6. The van der Waals surface area contributed by atoms with Crippen molar-refractivity contribution in [3.05, 3.63) is 0 Å². The zero-order valence-corrected chi connectivity index (χ0v) is 15.4. The van der Waals surface area contributed by atoms with E-state index in [1.807, 2.05) is 0 Å². The molecule has 0 aromatic heterocycles. The fraction of sp³-hybridized carbons (Fsp3) is 1.00. The van der Waals surface area contributed by atoms with Crippen LogP contribution < -0.4 is 10.6 Å². The Morgan fingerprint density at radius 2 is 1.83 bits per heavy atom. The van der Waals surface area contributed by atoms with Gasteiger partial charge in [-0.25, -0.2) is 0 Å². The lowest BCUT2D eigenvalue weighted by atomic mass is 9.84. The molecule has 4 heterocycles. The largest absolute Gasteiger partial charge is 0.372 e. The van der Waals surface area contributed by atoms with Crippen molar-refractivity contribution in [3.8, 4) is 0 Å². The third-order valence-corrected chi connectivity index (χ3v) is 6.68. The molecule has 0 aromatic rings. The van der Waals surface area contributed by atoms with E-state index in [0.29, 0.717) is 12.1 Å². The molecule has 4 aliphatic heterocycles. The molecule has 4 aliphatic rings. The van der Waals surface area contributed by atoms with Crippen LogP contribution in [0.1, 0.15) is 25.7 Å². The molecule has 0 amide bonds. The normalized spacial score (nSPS) is 41.8. The number of morpholine rings is 2. The molecule has 6 nitrogen and oxygen atoms in total. The maximum Gasteiger partial charge on any atom is 0.0933 e. The quantitative estimate of drug-likeness (QED) is 0.696. The van der Waals surface area contributed by atoms with Gasteiger partial charge in [0.1, 0.15) is 0 Å². The Bertz CT molecular complexity index is 433. The number of piperidine rings is 2. The van der Waals surface area contributed by atoms with E-state index in [0.717, 1.165) is 71.7 Å². The number of ether oxygens (including phenoxy) is 2. The molecule has 0 aliphatic carbocycles. The van der Waals surface area contributed by atoms with Crippen LogP contribution in [-0.4, -0.2) is 99.7 Å². The first-order chi connectivity index (χ1) is 11.6. The Labute approximate surface area is 146 Å². The standard InChI is InChI=1S/C18H34N4O2/c1-21-9-10-23-18(13-21)4-3-15(20-12-18)16-11-24-17(14-22(16)2)5-7-19-8-6-17/h15-16,19-20H,3-14H2,1-2H3. The van der Waals surface area contributed by atoms with Gasteiger partial charge in [0.15, 0.2) is 0 Å².